The lowest BCUT2D eigenvalue weighted by atomic mass is 10.1. The van der Waals surface area contributed by atoms with Crippen LogP contribution >= 0.6 is 0 Å². The van der Waals surface area contributed by atoms with Gasteiger partial charge in [0.25, 0.3) is 11.8 Å². The number of amides is 2. The summed E-state index contributed by atoms with van der Waals surface area (Å²) in [4.78, 5) is 23.1. The van der Waals surface area contributed by atoms with Gasteiger partial charge in [-0.2, -0.15) is 13.9 Å². The zero-order valence-corrected chi connectivity index (χ0v) is 11.1. The zero-order valence-electron chi connectivity index (χ0n) is 11.1. The number of aromatic nitrogens is 2. The molecule has 0 atom stereocenters. The van der Waals surface area contributed by atoms with E-state index in [1.54, 1.807) is 0 Å². The van der Waals surface area contributed by atoms with E-state index < -0.39 is 23.3 Å². The van der Waals surface area contributed by atoms with Crippen molar-refractivity contribution in [3.8, 4) is 0 Å². The van der Waals surface area contributed by atoms with Gasteiger partial charge >= 0.3 is 5.92 Å². The summed E-state index contributed by atoms with van der Waals surface area (Å²) in [5.74, 6) is -5.57. The van der Waals surface area contributed by atoms with Crippen LogP contribution in [0.25, 0.3) is 0 Å². The lowest BCUT2D eigenvalue weighted by Gasteiger charge is -2.09. The van der Waals surface area contributed by atoms with Crippen LogP contribution in [0, 0.1) is 0 Å². The van der Waals surface area contributed by atoms with Crippen molar-refractivity contribution in [2.24, 2.45) is 5.73 Å². The monoisotopic (exact) mass is 307 g/mol. The van der Waals surface area contributed by atoms with Gasteiger partial charge in [0.15, 0.2) is 5.69 Å². The highest BCUT2D eigenvalue weighted by molar-refractivity contribution is 6.06. The first-order valence-electron chi connectivity index (χ1n) is 6.31. The normalized spacial score (nSPS) is 15.3. The van der Waals surface area contributed by atoms with Gasteiger partial charge in [-0.15, -0.1) is 0 Å². The SMILES string of the molecule is NCc1cc(C(=O)Nc2ccc3c(c2)C(F)(F)C(=O)N3)n[nH]1. The van der Waals surface area contributed by atoms with E-state index in [4.69, 9.17) is 5.73 Å². The van der Waals surface area contributed by atoms with Crippen molar-refractivity contribution in [2.75, 3.05) is 10.6 Å². The molecule has 0 saturated carbocycles. The van der Waals surface area contributed by atoms with E-state index in [1.165, 1.54) is 18.2 Å². The van der Waals surface area contributed by atoms with Gasteiger partial charge < -0.3 is 16.4 Å². The first-order chi connectivity index (χ1) is 10.4. The number of carbonyl (C=O) groups is 2. The molecule has 3 rings (SSSR count). The van der Waals surface area contributed by atoms with E-state index in [-0.39, 0.29) is 23.6 Å². The third-order valence-corrected chi connectivity index (χ3v) is 3.23. The molecule has 1 aromatic heterocycles. The fourth-order valence-electron chi connectivity index (χ4n) is 2.09. The van der Waals surface area contributed by atoms with Gasteiger partial charge in [-0.05, 0) is 24.3 Å². The molecule has 1 aromatic carbocycles. The average molecular weight is 307 g/mol. The Bertz CT molecular complexity index is 772. The lowest BCUT2D eigenvalue weighted by molar-refractivity contribution is -0.139. The number of alkyl halides is 2. The molecule has 1 aliphatic rings. The summed E-state index contributed by atoms with van der Waals surface area (Å²) < 4.78 is 27.3. The Labute approximate surface area is 122 Å². The van der Waals surface area contributed by atoms with E-state index in [0.717, 1.165) is 6.07 Å². The topological polar surface area (TPSA) is 113 Å². The van der Waals surface area contributed by atoms with E-state index >= 15 is 0 Å². The molecular weight excluding hydrogens is 296 g/mol. The summed E-state index contributed by atoms with van der Waals surface area (Å²) in [7, 11) is 0. The van der Waals surface area contributed by atoms with Gasteiger partial charge in [0.05, 0.1) is 11.3 Å². The number of nitrogens with two attached hydrogens (primary N) is 1. The van der Waals surface area contributed by atoms with Crippen LogP contribution < -0.4 is 16.4 Å². The third-order valence-electron chi connectivity index (χ3n) is 3.23. The number of H-pyrrole nitrogens is 1. The van der Waals surface area contributed by atoms with Crippen molar-refractivity contribution in [1.29, 1.82) is 0 Å². The van der Waals surface area contributed by atoms with Gasteiger partial charge in [-0.3, -0.25) is 14.7 Å². The highest BCUT2D eigenvalue weighted by atomic mass is 19.3. The van der Waals surface area contributed by atoms with Crippen LogP contribution in [-0.4, -0.2) is 22.0 Å². The van der Waals surface area contributed by atoms with Crippen molar-refractivity contribution in [3.05, 3.63) is 41.2 Å². The number of carbonyl (C=O) groups excluding carboxylic acids is 2. The van der Waals surface area contributed by atoms with E-state index in [0.29, 0.717) is 5.69 Å². The maximum absolute atomic E-state index is 13.7. The Balaban J connectivity index is 1.84. The smallest absolute Gasteiger partial charge is 0.325 e. The molecule has 7 nitrogen and oxygen atoms in total. The fourth-order valence-corrected chi connectivity index (χ4v) is 2.09. The number of nitrogens with one attached hydrogen (secondary N) is 3. The second kappa shape index (κ2) is 4.88. The van der Waals surface area contributed by atoms with E-state index in [9.17, 15) is 18.4 Å². The third kappa shape index (κ3) is 2.21. The fraction of sp³-hybridized carbons (Fsp3) is 0.154. The molecule has 0 saturated heterocycles. The molecule has 0 radical (unpaired) electrons. The molecule has 5 N–H and O–H groups in total. The van der Waals surface area contributed by atoms with Crippen LogP contribution in [-0.2, 0) is 17.3 Å². The van der Waals surface area contributed by atoms with Crippen LogP contribution in [0.2, 0.25) is 0 Å². The summed E-state index contributed by atoms with van der Waals surface area (Å²) in [5.41, 5.74) is 5.74. The highest BCUT2D eigenvalue weighted by Crippen LogP contribution is 2.41. The molecule has 1 aliphatic heterocycles. The van der Waals surface area contributed by atoms with Crippen molar-refractivity contribution in [1.82, 2.24) is 10.2 Å². The molecule has 0 bridgehead atoms. The second-order valence-electron chi connectivity index (χ2n) is 4.73. The van der Waals surface area contributed by atoms with Gasteiger partial charge in [0, 0.05) is 17.9 Å². The van der Waals surface area contributed by atoms with Crippen LogP contribution in [0.1, 0.15) is 21.7 Å². The molecule has 0 unspecified atom stereocenters. The van der Waals surface area contributed by atoms with Crippen LogP contribution in [0.5, 0.6) is 0 Å². The van der Waals surface area contributed by atoms with Gasteiger partial charge in [0.2, 0.25) is 0 Å². The molecule has 0 spiro atoms. The Hall–Kier alpha value is -2.81. The summed E-state index contributed by atoms with van der Waals surface area (Å²) in [6.45, 7) is 0.194. The molecule has 22 heavy (non-hydrogen) atoms. The Morgan fingerprint density at radius 3 is 2.82 bits per heavy atom. The minimum absolute atomic E-state index is 0.0261. The van der Waals surface area contributed by atoms with Crippen LogP contribution in [0.4, 0.5) is 20.2 Å². The maximum Gasteiger partial charge on any atom is 0.352 e. The number of halogens is 2. The lowest BCUT2D eigenvalue weighted by Crippen LogP contribution is -2.23. The number of aromatic amines is 1. The standard InChI is InChI=1S/C13H11F2N5O2/c14-13(15)8-3-6(1-2-9(8)18-12(13)22)17-11(21)10-4-7(5-16)19-20-10/h1-4H,5,16H2,(H,17,21)(H,18,22)(H,19,20). The quantitative estimate of drug-likeness (QED) is 0.681. The first-order valence-corrected chi connectivity index (χ1v) is 6.31. The molecular formula is C13H11F2N5O2. The summed E-state index contributed by atoms with van der Waals surface area (Å²) >= 11 is 0. The van der Waals surface area contributed by atoms with Gasteiger partial charge in [-0.25, -0.2) is 0 Å². The molecule has 114 valence electrons. The van der Waals surface area contributed by atoms with Gasteiger partial charge in [-0.1, -0.05) is 0 Å². The van der Waals surface area contributed by atoms with Crippen molar-refractivity contribution in [2.45, 2.75) is 12.5 Å². The van der Waals surface area contributed by atoms with Gasteiger partial charge in [0.1, 0.15) is 0 Å². The highest BCUT2D eigenvalue weighted by Gasteiger charge is 2.48. The molecule has 9 heteroatoms. The number of hydrogen-bond acceptors (Lipinski definition) is 4. The summed E-state index contributed by atoms with van der Waals surface area (Å²) in [6, 6.07) is 5.23. The minimum atomic E-state index is -3.62. The van der Waals surface area contributed by atoms with Crippen LogP contribution in [0.15, 0.2) is 24.3 Å². The van der Waals surface area contributed by atoms with E-state index in [2.05, 4.69) is 20.8 Å². The number of fused-ring (bicyclic) bond motifs is 1. The largest absolute Gasteiger partial charge is 0.352 e. The summed E-state index contributed by atoms with van der Waals surface area (Å²) in [6.07, 6.45) is 0. The Kier molecular flexibility index (Phi) is 3.14. The first kappa shape index (κ1) is 14.1. The zero-order chi connectivity index (χ0) is 15.9. The van der Waals surface area contributed by atoms with E-state index in [1.807, 2.05) is 0 Å². The molecule has 0 fully saturated rings. The van der Waals surface area contributed by atoms with Crippen molar-refractivity contribution in [3.63, 3.8) is 0 Å². The number of benzene rings is 1. The van der Waals surface area contributed by atoms with Crippen LogP contribution in [0.3, 0.4) is 0 Å². The van der Waals surface area contributed by atoms with Crippen molar-refractivity contribution < 1.29 is 18.4 Å². The predicted molar refractivity (Wildman–Crippen MR) is 73.4 cm³/mol. The number of nitrogens with zero attached hydrogens (tertiary/aromatic N) is 1. The average Bonchev–Trinajstić information content (AvgIpc) is 3.04. The Morgan fingerprint density at radius 1 is 1.36 bits per heavy atom. The predicted octanol–water partition coefficient (Wildman–Crippen LogP) is 1.16. The number of rotatable bonds is 3. The molecule has 2 aromatic rings. The molecule has 2 amide bonds. The molecule has 0 aliphatic carbocycles. The van der Waals surface area contributed by atoms with Crippen molar-refractivity contribution >= 4 is 23.2 Å². The summed E-state index contributed by atoms with van der Waals surface area (Å²) in [5, 5.41) is 10.9. The number of hydrogen-bond donors (Lipinski definition) is 4. The second-order valence-corrected chi connectivity index (χ2v) is 4.73. The number of anilines is 2. The maximum atomic E-state index is 13.7. The minimum Gasteiger partial charge on any atom is -0.325 e. The molecule has 2 heterocycles. The Morgan fingerprint density at radius 2 is 2.14 bits per heavy atom.